The van der Waals surface area contributed by atoms with E-state index in [1.807, 2.05) is 0 Å². The van der Waals surface area contributed by atoms with Crippen molar-refractivity contribution < 1.29 is 0 Å². The van der Waals surface area contributed by atoms with Crippen LogP contribution in [0.4, 0.5) is 0 Å². The molecule has 3 nitrogen and oxygen atoms in total. The van der Waals surface area contributed by atoms with Crippen LogP contribution in [0.25, 0.3) is 0 Å². The van der Waals surface area contributed by atoms with Gasteiger partial charge >= 0.3 is 0 Å². The van der Waals surface area contributed by atoms with Crippen LogP contribution >= 0.6 is 11.5 Å². The summed E-state index contributed by atoms with van der Waals surface area (Å²) >= 11 is 1.58. The van der Waals surface area contributed by atoms with E-state index in [2.05, 4.69) is 28.5 Å². The summed E-state index contributed by atoms with van der Waals surface area (Å²) in [5.74, 6) is 1.78. The van der Waals surface area contributed by atoms with Gasteiger partial charge in [0.15, 0.2) is 0 Å². The molecule has 0 saturated heterocycles. The SMILES string of the molecule is CCCNC(C)Cc1nc(C2CC2)ns1. The van der Waals surface area contributed by atoms with Crippen LogP contribution in [-0.2, 0) is 6.42 Å². The highest BCUT2D eigenvalue weighted by Gasteiger charge is 2.27. The average Bonchev–Trinajstić information content (AvgIpc) is 2.98. The van der Waals surface area contributed by atoms with Crippen molar-refractivity contribution >= 4 is 11.5 Å². The van der Waals surface area contributed by atoms with E-state index >= 15 is 0 Å². The summed E-state index contributed by atoms with van der Waals surface area (Å²) in [6, 6.07) is 0.518. The van der Waals surface area contributed by atoms with Gasteiger partial charge in [0, 0.05) is 18.4 Å². The third-order valence-corrected chi connectivity index (χ3v) is 3.40. The van der Waals surface area contributed by atoms with Crippen LogP contribution in [0.15, 0.2) is 0 Å². The molecule has 84 valence electrons. The first kappa shape index (κ1) is 11.0. The molecular formula is C11H19N3S. The predicted octanol–water partition coefficient (Wildman–Crippen LogP) is 2.35. The molecule has 1 unspecified atom stereocenters. The molecular weight excluding hydrogens is 206 g/mol. The number of aromatic nitrogens is 2. The summed E-state index contributed by atoms with van der Waals surface area (Å²) in [5.41, 5.74) is 0. The van der Waals surface area contributed by atoms with Gasteiger partial charge in [0.25, 0.3) is 0 Å². The highest BCUT2D eigenvalue weighted by molar-refractivity contribution is 7.05. The molecule has 1 aromatic rings. The molecule has 1 N–H and O–H groups in total. The minimum atomic E-state index is 0.518. The molecule has 15 heavy (non-hydrogen) atoms. The van der Waals surface area contributed by atoms with E-state index in [1.165, 1.54) is 24.3 Å². The zero-order valence-electron chi connectivity index (χ0n) is 9.49. The van der Waals surface area contributed by atoms with Gasteiger partial charge in [0.2, 0.25) is 0 Å². The maximum Gasteiger partial charge on any atom is 0.145 e. The molecule has 0 amide bonds. The Balaban J connectivity index is 1.81. The summed E-state index contributed by atoms with van der Waals surface area (Å²) in [4.78, 5) is 4.59. The highest BCUT2D eigenvalue weighted by atomic mass is 32.1. The molecule has 1 heterocycles. The fourth-order valence-corrected chi connectivity index (χ4v) is 2.43. The Labute approximate surface area is 95.5 Å². The molecule has 1 aliphatic carbocycles. The van der Waals surface area contributed by atoms with Crippen LogP contribution in [0.3, 0.4) is 0 Å². The van der Waals surface area contributed by atoms with Gasteiger partial charge in [0.05, 0.1) is 0 Å². The number of hydrogen-bond acceptors (Lipinski definition) is 4. The van der Waals surface area contributed by atoms with Gasteiger partial charge in [-0.3, -0.25) is 0 Å². The fourth-order valence-electron chi connectivity index (χ4n) is 1.58. The Bertz CT molecular complexity index is 307. The molecule has 0 aromatic carbocycles. The highest BCUT2D eigenvalue weighted by Crippen LogP contribution is 2.38. The average molecular weight is 225 g/mol. The first-order valence-electron chi connectivity index (χ1n) is 5.85. The number of nitrogens with zero attached hydrogens (tertiary/aromatic N) is 2. The topological polar surface area (TPSA) is 37.8 Å². The second-order valence-electron chi connectivity index (χ2n) is 4.38. The van der Waals surface area contributed by atoms with Crippen molar-refractivity contribution in [3.05, 3.63) is 10.8 Å². The minimum Gasteiger partial charge on any atom is -0.314 e. The molecule has 1 aliphatic rings. The lowest BCUT2D eigenvalue weighted by Crippen LogP contribution is -2.28. The summed E-state index contributed by atoms with van der Waals surface area (Å²) in [6.07, 6.45) is 4.79. The van der Waals surface area contributed by atoms with Crippen molar-refractivity contribution in [2.75, 3.05) is 6.54 Å². The van der Waals surface area contributed by atoms with Crippen molar-refractivity contribution in [3.63, 3.8) is 0 Å². The van der Waals surface area contributed by atoms with Crippen molar-refractivity contribution in [1.29, 1.82) is 0 Å². The monoisotopic (exact) mass is 225 g/mol. The molecule has 2 rings (SSSR count). The first-order chi connectivity index (χ1) is 7.29. The molecule has 1 atom stereocenters. The fraction of sp³-hybridized carbons (Fsp3) is 0.818. The van der Waals surface area contributed by atoms with Crippen molar-refractivity contribution in [2.24, 2.45) is 0 Å². The van der Waals surface area contributed by atoms with Crippen LogP contribution in [0.2, 0.25) is 0 Å². The number of rotatable bonds is 6. The molecule has 0 radical (unpaired) electrons. The zero-order chi connectivity index (χ0) is 10.7. The van der Waals surface area contributed by atoms with Crippen LogP contribution in [-0.4, -0.2) is 21.9 Å². The van der Waals surface area contributed by atoms with E-state index in [0.29, 0.717) is 12.0 Å². The van der Waals surface area contributed by atoms with Crippen LogP contribution in [0.1, 0.15) is 49.9 Å². The Hall–Kier alpha value is -0.480. The molecule has 0 aliphatic heterocycles. The third-order valence-electron chi connectivity index (χ3n) is 2.65. The van der Waals surface area contributed by atoms with E-state index in [0.717, 1.165) is 18.8 Å². The Morgan fingerprint density at radius 2 is 2.33 bits per heavy atom. The van der Waals surface area contributed by atoms with Gasteiger partial charge in [-0.05, 0) is 44.3 Å². The van der Waals surface area contributed by atoms with Gasteiger partial charge < -0.3 is 5.32 Å². The van der Waals surface area contributed by atoms with E-state index in [-0.39, 0.29) is 0 Å². The van der Waals surface area contributed by atoms with Gasteiger partial charge in [0.1, 0.15) is 10.8 Å². The van der Waals surface area contributed by atoms with Gasteiger partial charge in [-0.25, -0.2) is 4.98 Å². The maximum atomic E-state index is 4.59. The minimum absolute atomic E-state index is 0.518. The Kier molecular flexibility index (Phi) is 3.70. The largest absolute Gasteiger partial charge is 0.314 e. The lowest BCUT2D eigenvalue weighted by Gasteiger charge is -2.10. The van der Waals surface area contributed by atoms with E-state index in [9.17, 15) is 0 Å². The lowest BCUT2D eigenvalue weighted by atomic mass is 10.2. The van der Waals surface area contributed by atoms with E-state index in [1.54, 1.807) is 11.5 Å². The zero-order valence-corrected chi connectivity index (χ0v) is 10.3. The van der Waals surface area contributed by atoms with Gasteiger partial charge in [-0.1, -0.05) is 6.92 Å². The van der Waals surface area contributed by atoms with Crippen molar-refractivity contribution in [2.45, 2.75) is 51.5 Å². The first-order valence-corrected chi connectivity index (χ1v) is 6.62. The molecule has 0 spiro atoms. The summed E-state index contributed by atoms with van der Waals surface area (Å²) in [7, 11) is 0. The summed E-state index contributed by atoms with van der Waals surface area (Å²) < 4.78 is 4.41. The molecule has 1 aromatic heterocycles. The smallest absolute Gasteiger partial charge is 0.145 e. The standard InChI is InChI=1S/C11H19N3S/c1-3-6-12-8(2)7-10-13-11(14-15-10)9-4-5-9/h8-9,12H,3-7H2,1-2H3. The van der Waals surface area contributed by atoms with E-state index < -0.39 is 0 Å². The summed E-state index contributed by atoms with van der Waals surface area (Å²) in [6.45, 7) is 5.50. The normalized spacial score (nSPS) is 18.0. The Morgan fingerprint density at radius 1 is 1.53 bits per heavy atom. The second kappa shape index (κ2) is 5.03. The third kappa shape index (κ3) is 3.24. The van der Waals surface area contributed by atoms with Gasteiger partial charge in [-0.2, -0.15) is 4.37 Å². The van der Waals surface area contributed by atoms with Gasteiger partial charge in [-0.15, -0.1) is 0 Å². The number of hydrogen-bond donors (Lipinski definition) is 1. The predicted molar refractivity (Wildman–Crippen MR) is 63.3 cm³/mol. The van der Waals surface area contributed by atoms with E-state index in [4.69, 9.17) is 0 Å². The van der Waals surface area contributed by atoms with Crippen molar-refractivity contribution in [1.82, 2.24) is 14.7 Å². The molecule has 4 heteroatoms. The lowest BCUT2D eigenvalue weighted by molar-refractivity contribution is 0.542. The Morgan fingerprint density at radius 3 is 3.00 bits per heavy atom. The summed E-state index contributed by atoms with van der Waals surface area (Å²) in [5, 5.41) is 4.66. The second-order valence-corrected chi connectivity index (χ2v) is 5.22. The van der Waals surface area contributed by atoms with Crippen LogP contribution in [0.5, 0.6) is 0 Å². The van der Waals surface area contributed by atoms with Crippen LogP contribution in [0, 0.1) is 0 Å². The molecule has 1 fully saturated rings. The van der Waals surface area contributed by atoms with Crippen LogP contribution < -0.4 is 5.32 Å². The molecule has 1 saturated carbocycles. The van der Waals surface area contributed by atoms with Crippen molar-refractivity contribution in [3.8, 4) is 0 Å². The molecule has 0 bridgehead atoms. The quantitative estimate of drug-likeness (QED) is 0.807. The maximum absolute atomic E-state index is 4.59. The number of nitrogens with one attached hydrogen (secondary N) is 1.